The molecule has 1 N–H and O–H groups in total. The van der Waals surface area contributed by atoms with Gasteiger partial charge >= 0.3 is 5.97 Å². The molecule has 1 aromatic carbocycles. The van der Waals surface area contributed by atoms with Crippen LogP contribution in [0, 0.1) is 0 Å². The van der Waals surface area contributed by atoms with Crippen LogP contribution >= 0.6 is 38.9 Å². The fourth-order valence-electron chi connectivity index (χ4n) is 1.51. The molecule has 4 nitrogen and oxygen atoms in total. The number of aromatic nitrogens is 1. The van der Waals surface area contributed by atoms with Gasteiger partial charge in [-0.1, -0.05) is 11.6 Å². The van der Waals surface area contributed by atoms with E-state index in [0.717, 1.165) is 10.2 Å². The first-order chi connectivity index (χ1) is 9.58. The minimum absolute atomic E-state index is 0.188. The number of esters is 1. The fraction of sp³-hybridized carbons (Fsp3) is 0.231. The molecule has 1 heterocycles. The van der Waals surface area contributed by atoms with Crippen LogP contribution in [0.2, 0.25) is 5.02 Å². The van der Waals surface area contributed by atoms with Crippen molar-refractivity contribution in [2.45, 2.75) is 13.3 Å². The van der Waals surface area contributed by atoms with Crippen molar-refractivity contribution in [2.24, 2.45) is 0 Å². The van der Waals surface area contributed by atoms with E-state index in [4.69, 9.17) is 16.3 Å². The quantitative estimate of drug-likeness (QED) is 0.787. The molecule has 106 valence electrons. The molecule has 0 aliphatic rings. The minimum Gasteiger partial charge on any atom is -0.466 e. The molecule has 0 fully saturated rings. The Kier molecular flexibility index (Phi) is 5.39. The molecule has 0 saturated heterocycles. The lowest BCUT2D eigenvalue weighted by Crippen LogP contribution is -2.07. The van der Waals surface area contributed by atoms with Crippen molar-refractivity contribution >= 4 is 55.7 Å². The molecule has 0 saturated carbocycles. The van der Waals surface area contributed by atoms with E-state index in [0.29, 0.717) is 22.5 Å². The molecule has 0 aliphatic heterocycles. The van der Waals surface area contributed by atoms with Crippen molar-refractivity contribution in [3.63, 3.8) is 0 Å². The number of nitrogens with one attached hydrogen (secondary N) is 1. The Morgan fingerprint density at radius 2 is 2.35 bits per heavy atom. The zero-order valence-electron chi connectivity index (χ0n) is 10.7. The monoisotopic (exact) mass is 374 g/mol. The summed E-state index contributed by atoms with van der Waals surface area (Å²) in [6, 6.07) is 5.46. The van der Waals surface area contributed by atoms with Crippen LogP contribution in [0.25, 0.3) is 0 Å². The topological polar surface area (TPSA) is 51.2 Å². The van der Waals surface area contributed by atoms with Gasteiger partial charge in [-0.3, -0.25) is 4.79 Å². The SMILES string of the molecule is CCOC(=O)Cc1csc(Nc2ccc(Cl)cc2Br)n1. The van der Waals surface area contributed by atoms with Gasteiger partial charge in [0, 0.05) is 14.9 Å². The Morgan fingerprint density at radius 3 is 3.05 bits per heavy atom. The highest BCUT2D eigenvalue weighted by atomic mass is 79.9. The lowest BCUT2D eigenvalue weighted by molar-refractivity contribution is -0.142. The second kappa shape index (κ2) is 7.06. The minimum atomic E-state index is -0.267. The Morgan fingerprint density at radius 1 is 1.55 bits per heavy atom. The molecule has 2 rings (SSSR count). The maximum Gasteiger partial charge on any atom is 0.311 e. The number of hydrogen-bond donors (Lipinski definition) is 1. The normalized spacial score (nSPS) is 10.3. The van der Waals surface area contributed by atoms with E-state index in [2.05, 4.69) is 26.2 Å². The molecule has 2 aromatic rings. The van der Waals surface area contributed by atoms with Gasteiger partial charge in [-0.2, -0.15) is 0 Å². The van der Waals surface area contributed by atoms with Crippen molar-refractivity contribution < 1.29 is 9.53 Å². The third-order valence-electron chi connectivity index (χ3n) is 2.36. The molecule has 0 unspecified atom stereocenters. The third kappa shape index (κ3) is 4.19. The Bertz CT molecular complexity index is 618. The largest absolute Gasteiger partial charge is 0.466 e. The summed E-state index contributed by atoms with van der Waals surface area (Å²) in [5, 5.41) is 6.38. The Labute approximate surface area is 134 Å². The first-order valence-corrected chi connectivity index (χ1v) is 7.95. The van der Waals surface area contributed by atoms with E-state index < -0.39 is 0 Å². The Hall–Kier alpha value is -1.11. The number of rotatable bonds is 5. The highest BCUT2D eigenvalue weighted by molar-refractivity contribution is 9.10. The second-order valence-corrected chi connectivity index (χ2v) is 6.02. The third-order valence-corrected chi connectivity index (χ3v) is 4.05. The molecule has 7 heteroatoms. The van der Waals surface area contributed by atoms with E-state index in [-0.39, 0.29) is 12.4 Å². The number of carbonyl (C=O) groups excluding carboxylic acids is 1. The summed E-state index contributed by atoms with van der Waals surface area (Å²) in [6.07, 6.45) is 0.188. The van der Waals surface area contributed by atoms with Crippen LogP contribution in [0.5, 0.6) is 0 Å². The van der Waals surface area contributed by atoms with Gasteiger partial charge in [0.25, 0.3) is 0 Å². The number of thiazole rings is 1. The predicted molar refractivity (Wildman–Crippen MR) is 84.9 cm³/mol. The van der Waals surface area contributed by atoms with Crippen molar-refractivity contribution in [3.05, 3.63) is 38.8 Å². The summed E-state index contributed by atoms with van der Waals surface area (Å²) in [5.74, 6) is -0.267. The van der Waals surface area contributed by atoms with Gasteiger partial charge in [-0.05, 0) is 41.1 Å². The van der Waals surface area contributed by atoms with E-state index in [1.165, 1.54) is 11.3 Å². The molecule has 1 aromatic heterocycles. The number of hydrogen-bond acceptors (Lipinski definition) is 5. The zero-order valence-corrected chi connectivity index (χ0v) is 13.8. The standard InChI is InChI=1S/C13H12BrClN2O2S/c1-2-19-12(18)6-9-7-20-13(16-9)17-11-4-3-8(15)5-10(11)14/h3-5,7H,2,6H2,1H3,(H,16,17). The van der Waals surface area contributed by atoms with Gasteiger partial charge in [-0.15, -0.1) is 11.3 Å². The molecule has 0 amide bonds. The molecular weight excluding hydrogens is 364 g/mol. The van der Waals surface area contributed by atoms with Crippen LogP contribution in [0.15, 0.2) is 28.1 Å². The molecule has 0 aliphatic carbocycles. The Balaban J connectivity index is 2.04. The van der Waals surface area contributed by atoms with Gasteiger partial charge in [-0.25, -0.2) is 4.98 Å². The first-order valence-electron chi connectivity index (χ1n) is 5.90. The van der Waals surface area contributed by atoms with Crippen LogP contribution < -0.4 is 5.32 Å². The molecule has 0 atom stereocenters. The van der Waals surface area contributed by atoms with Crippen molar-refractivity contribution in [2.75, 3.05) is 11.9 Å². The van der Waals surface area contributed by atoms with Gasteiger partial charge in [0.05, 0.1) is 24.4 Å². The molecular formula is C13H12BrClN2O2S. The van der Waals surface area contributed by atoms with Crippen LogP contribution in [0.4, 0.5) is 10.8 Å². The smallest absolute Gasteiger partial charge is 0.311 e. The fourth-order valence-corrected chi connectivity index (χ4v) is 3.02. The second-order valence-electron chi connectivity index (χ2n) is 3.87. The molecule has 0 spiro atoms. The highest BCUT2D eigenvalue weighted by Gasteiger charge is 2.09. The van der Waals surface area contributed by atoms with E-state index in [1.807, 2.05) is 11.4 Å². The van der Waals surface area contributed by atoms with Crippen LogP contribution in [0.1, 0.15) is 12.6 Å². The average Bonchev–Trinajstić information content (AvgIpc) is 2.80. The van der Waals surface area contributed by atoms with Crippen LogP contribution in [-0.4, -0.2) is 17.6 Å². The van der Waals surface area contributed by atoms with Gasteiger partial charge in [0.2, 0.25) is 0 Å². The average molecular weight is 376 g/mol. The number of benzene rings is 1. The molecule has 20 heavy (non-hydrogen) atoms. The zero-order chi connectivity index (χ0) is 14.5. The summed E-state index contributed by atoms with van der Waals surface area (Å²) in [7, 11) is 0. The summed E-state index contributed by atoms with van der Waals surface area (Å²) in [4.78, 5) is 15.7. The van der Waals surface area contributed by atoms with Gasteiger partial charge < -0.3 is 10.1 Å². The van der Waals surface area contributed by atoms with E-state index in [9.17, 15) is 4.79 Å². The summed E-state index contributed by atoms with van der Waals surface area (Å²) < 4.78 is 5.74. The maximum atomic E-state index is 11.4. The summed E-state index contributed by atoms with van der Waals surface area (Å²) in [5.41, 5.74) is 1.56. The number of ether oxygens (including phenoxy) is 1. The van der Waals surface area contributed by atoms with Crippen LogP contribution in [-0.2, 0) is 16.0 Å². The summed E-state index contributed by atoms with van der Waals surface area (Å²) in [6.45, 7) is 2.16. The number of halogens is 2. The van der Waals surface area contributed by atoms with Gasteiger partial charge in [0.1, 0.15) is 0 Å². The van der Waals surface area contributed by atoms with Gasteiger partial charge in [0.15, 0.2) is 5.13 Å². The predicted octanol–water partition coefficient (Wildman–Crippen LogP) is 4.41. The van der Waals surface area contributed by atoms with Crippen molar-refractivity contribution in [3.8, 4) is 0 Å². The maximum absolute atomic E-state index is 11.4. The number of carbonyl (C=O) groups is 1. The highest BCUT2D eigenvalue weighted by Crippen LogP contribution is 2.29. The van der Waals surface area contributed by atoms with E-state index in [1.54, 1.807) is 19.1 Å². The van der Waals surface area contributed by atoms with Crippen LogP contribution in [0.3, 0.4) is 0 Å². The number of nitrogens with zero attached hydrogens (tertiary/aromatic N) is 1. The first kappa shape index (κ1) is 15.3. The lowest BCUT2D eigenvalue weighted by atomic mass is 10.3. The van der Waals surface area contributed by atoms with E-state index >= 15 is 0 Å². The molecule has 0 bridgehead atoms. The summed E-state index contributed by atoms with van der Waals surface area (Å²) >= 11 is 10.8. The number of anilines is 2. The lowest BCUT2D eigenvalue weighted by Gasteiger charge is -2.05. The van der Waals surface area contributed by atoms with Crippen molar-refractivity contribution in [1.29, 1.82) is 0 Å². The molecule has 0 radical (unpaired) electrons. The van der Waals surface area contributed by atoms with Crippen molar-refractivity contribution in [1.82, 2.24) is 4.98 Å².